The zero-order valence-corrected chi connectivity index (χ0v) is 11.0. The Bertz CT molecular complexity index is 510. The van der Waals surface area contributed by atoms with Crippen LogP contribution in [0, 0.1) is 5.82 Å². The Hall–Kier alpha value is -2.17. The zero-order valence-electron chi connectivity index (χ0n) is 11.0. The minimum absolute atomic E-state index is 0.0170. The first-order valence-corrected chi connectivity index (χ1v) is 5.93. The van der Waals surface area contributed by atoms with Gasteiger partial charge in [-0.1, -0.05) is 18.2 Å². The molecule has 0 saturated heterocycles. The Morgan fingerprint density at radius 1 is 1.47 bits per heavy atom. The van der Waals surface area contributed by atoms with Gasteiger partial charge in [-0.3, -0.25) is 4.99 Å². The standard InChI is InChI=1S/C14H17FN2O2/c1-3-19-14(18)13(16)8-10(2)17-9-11-6-4-5-7-12(11)15/h4-8H,3,9,16H2,1-2H3. The van der Waals surface area contributed by atoms with E-state index in [1.807, 2.05) is 0 Å². The van der Waals surface area contributed by atoms with E-state index >= 15 is 0 Å². The summed E-state index contributed by atoms with van der Waals surface area (Å²) in [4.78, 5) is 15.4. The van der Waals surface area contributed by atoms with E-state index in [4.69, 9.17) is 10.5 Å². The van der Waals surface area contributed by atoms with Crippen LogP contribution in [0.3, 0.4) is 0 Å². The van der Waals surface area contributed by atoms with Gasteiger partial charge in [0.15, 0.2) is 0 Å². The summed E-state index contributed by atoms with van der Waals surface area (Å²) in [5.74, 6) is -0.885. The summed E-state index contributed by atoms with van der Waals surface area (Å²) in [6, 6.07) is 6.40. The van der Waals surface area contributed by atoms with E-state index in [9.17, 15) is 9.18 Å². The lowest BCUT2D eigenvalue weighted by molar-refractivity contribution is -0.138. The summed E-state index contributed by atoms with van der Waals surface area (Å²) in [5.41, 5.74) is 6.54. The second-order valence-electron chi connectivity index (χ2n) is 3.87. The molecule has 0 aliphatic heterocycles. The molecule has 0 bridgehead atoms. The van der Waals surface area contributed by atoms with Crippen LogP contribution < -0.4 is 5.73 Å². The molecule has 0 aromatic heterocycles. The molecule has 0 unspecified atom stereocenters. The average Bonchev–Trinajstić information content (AvgIpc) is 2.38. The molecule has 2 N–H and O–H groups in total. The summed E-state index contributed by atoms with van der Waals surface area (Å²) in [6.07, 6.45) is 1.42. The molecule has 1 rings (SSSR count). The van der Waals surface area contributed by atoms with Gasteiger partial charge >= 0.3 is 5.97 Å². The van der Waals surface area contributed by atoms with Gasteiger partial charge in [0.25, 0.3) is 0 Å². The highest BCUT2D eigenvalue weighted by atomic mass is 19.1. The van der Waals surface area contributed by atoms with E-state index in [2.05, 4.69) is 4.99 Å². The molecule has 1 aromatic carbocycles. The van der Waals surface area contributed by atoms with Gasteiger partial charge in [-0.2, -0.15) is 0 Å². The predicted octanol–water partition coefficient (Wildman–Crippen LogP) is 2.19. The Kier molecular flexibility index (Phi) is 5.73. The number of esters is 1. The third-order valence-corrected chi connectivity index (χ3v) is 2.33. The van der Waals surface area contributed by atoms with Crippen molar-refractivity contribution in [2.24, 2.45) is 10.7 Å². The number of ether oxygens (including phenoxy) is 1. The molecule has 0 aliphatic rings. The molecule has 0 heterocycles. The number of nitrogens with zero attached hydrogens (tertiary/aromatic N) is 1. The van der Waals surface area contributed by atoms with E-state index in [-0.39, 0.29) is 24.7 Å². The number of rotatable bonds is 5. The maximum Gasteiger partial charge on any atom is 0.354 e. The second-order valence-corrected chi connectivity index (χ2v) is 3.87. The number of benzene rings is 1. The van der Waals surface area contributed by atoms with E-state index in [0.717, 1.165) is 0 Å². The van der Waals surface area contributed by atoms with Gasteiger partial charge < -0.3 is 10.5 Å². The molecule has 0 aliphatic carbocycles. The van der Waals surface area contributed by atoms with Crippen molar-refractivity contribution in [3.8, 4) is 0 Å². The van der Waals surface area contributed by atoms with Crippen LogP contribution in [0.1, 0.15) is 19.4 Å². The van der Waals surface area contributed by atoms with Gasteiger partial charge in [-0.25, -0.2) is 9.18 Å². The topological polar surface area (TPSA) is 64.7 Å². The molecule has 0 radical (unpaired) electrons. The first-order chi connectivity index (χ1) is 9.04. The van der Waals surface area contributed by atoms with Gasteiger partial charge in [0.05, 0.1) is 13.2 Å². The summed E-state index contributed by atoms with van der Waals surface area (Å²) in [6.45, 7) is 3.85. The van der Waals surface area contributed by atoms with Crippen LogP contribution in [-0.2, 0) is 16.1 Å². The number of halogens is 1. The molecule has 0 fully saturated rings. The van der Waals surface area contributed by atoms with Crippen molar-refractivity contribution in [1.29, 1.82) is 0 Å². The molecule has 0 saturated carbocycles. The maximum absolute atomic E-state index is 13.3. The first kappa shape index (κ1) is 14.9. The fourth-order valence-corrected chi connectivity index (χ4v) is 1.38. The zero-order chi connectivity index (χ0) is 14.3. The molecular formula is C14H17FN2O2. The molecule has 4 nitrogen and oxygen atoms in total. The molecule has 0 atom stereocenters. The highest BCUT2D eigenvalue weighted by Gasteiger charge is 2.05. The third kappa shape index (κ3) is 4.91. The Labute approximate surface area is 111 Å². The van der Waals surface area contributed by atoms with Crippen molar-refractivity contribution in [2.45, 2.75) is 20.4 Å². The largest absolute Gasteiger partial charge is 0.461 e. The van der Waals surface area contributed by atoms with Crippen LogP contribution in [-0.4, -0.2) is 18.3 Å². The van der Waals surface area contributed by atoms with E-state index in [1.54, 1.807) is 32.0 Å². The smallest absolute Gasteiger partial charge is 0.354 e. The van der Waals surface area contributed by atoms with Crippen LogP contribution >= 0.6 is 0 Å². The van der Waals surface area contributed by atoms with Gasteiger partial charge in [0, 0.05) is 11.3 Å². The van der Waals surface area contributed by atoms with Crippen LogP contribution in [0.15, 0.2) is 41.0 Å². The predicted molar refractivity (Wildman–Crippen MR) is 72.1 cm³/mol. The van der Waals surface area contributed by atoms with Gasteiger partial charge in [0.1, 0.15) is 11.5 Å². The Morgan fingerprint density at radius 3 is 2.79 bits per heavy atom. The number of allylic oxidation sites excluding steroid dienone is 1. The molecule has 19 heavy (non-hydrogen) atoms. The second kappa shape index (κ2) is 7.31. The van der Waals surface area contributed by atoms with Crippen LogP contribution in [0.5, 0.6) is 0 Å². The van der Waals surface area contributed by atoms with Gasteiger partial charge in [-0.05, 0) is 26.0 Å². The molecular weight excluding hydrogens is 247 g/mol. The summed E-state index contributed by atoms with van der Waals surface area (Å²) >= 11 is 0. The molecule has 0 amide bonds. The van der Waals surface area contributed by atoms with Crippen molar-refractivity contribution >= 4 is 11.7 Å². The van der Waals surface area contributed by atoms with Crippen molar-refractivity contribution in [1.82, 2.24) is 0 Å². The van der Waals surface area contributed by atoms with Crippen molar-refractivity contribution in [2.75, 3.05) is 6.61 Å². The Morgan fingerprint density at radius 2 is 2.16 bits per heavy atom. The number of carbonyl (C=O) groups is 1. The lowest BCUT2D eigenvalue weighted by atomic mass is 10.2. The van der Waals surface area contributed by atoms with Crippen LogP contribution in [0.25, 0.3) is 0 Å². The highest BCUT2D eigenvalue weighted by Crippen LogP contribution is 2.07. The summed E-state index contributed by atoms with van der Waals surface area (Å²) in [7, 11) is 0. The Balaban J connectivity index is 2.70. The fraction of sp³-hybridized carbons (Fsp3) is 0.286. The highest BCUT2D eigenvalue weighted by molar-refractivity contribution is 6.00. The van der Waals surface area contributed by atoms with E-state index in [0.29, 0.717) is 11.3 Å². The maximum atomic E-state index is 13.3. The number of aliphatic imine (C=N–C) groups is 1. The number of carbonyl (C=O) groups excluding carboxylic acids is 1. The molecule has 5 heteroatoms. The van der Waals surface area contributed by atoms with Crippen molar-refractivity contribution in [3.63, 3.8) is 0 Å². The van der Waals surface area contributed by atoms with Crippen LogP contribution in [0.2, 0.25) is 0 Å². The fourth-order valence-electron chi connectivity index (χ4n) is 1.38. The number of hydrogen-bond acceptors (Lipinski definition) is 4. The monoisotopic (exact) mass is 264 g/mol. The minimum atomic E-state index is -0.581. The lowest BCUT2D eigenvalue weighted by Crippen LogP contribution is -2.15. The lowest BCUT2D eigenvalue weighted by Gasteiger charge is -2.02. The molecule has 102 valence electrons. The van der Waals surface area contributed by atoms with Gasteiger partial charge in [0.2, 0.25) is 0 Å². The third-order valence-electron chi connectivity index (χ3n) is 2.33. The molecule has 1 aromatic rings. The quantitative estimate of drug-likeness (QED) is 0.503. The molecule has 0 spiro atoms. The normalized spacial score (nSPS) is 12.4. The average molecular weight is 264 g/mol. The summed E-state index contributed by atoms with van der Waals surface area (Å²) < 4.78 is 18.1. The SMILES string of the molecule is CCOC(=O)C(N)=CC(C)=NCc1ccccc1F. The van der Waals surface area contributed by atoms with E-state index in [1.165, 1.54) is 12.1 Å². The van der Waals surface area contributed by atoms with Gasteiger partial charge in [-0.15, -0.1) is 0 Å². The number of nitrogens with two attached hydrogens (primary N) is 1. The van der Waals surface area contributed by atoms with Crippen molar-refractivity contribution in [3.05, 3.63) is 47.4 Å². The summed E-state index contributed by atoms with van der Waals surface area (Å²) in [5, 5.41) is 0. The number of hydrogen-bond donors (Lipinski definition) is 1. The van der Waals surface area contributed by atoms with E-state index < -0.39 is 5.97 Å². The minimum Gasteiger partial charge on any atom is -0.461 e. The first-order valence-electron chi connectivity index (χ1n) is 5.93. The van der Waals surface area contributed by atoms with Crippen molar-refractivity contribution < 1.29 is 13.9 Å². The van der Waals surface area contributed by atoms with Crippen LogP contribution in [0.4, 0.5) is 4.39 Å².